The van der Waals surface area contributed by atoms with Gasteiger partial charge in [-0.15, -0.1) is 4.16 Å². The number of hydrogen-bond donors (Lipinski definition) is 0. The van der Waals surface area contributed by atoms with E-state index in [9.17, 15) is 4.79 Å². The molecular formula is C6H7N3OS. The fourth-order valence-electron chi connectivity index (χ4n) is 1.26. The predicted molar refractivity (Wildman–Crippen MR) is 42.1 cm³/mol. The molecule has 2 aliphatic rings. The van der Waals surface area contributed by atoms with Gasteiger partial charge in [0, 0.05) is 6.20 Å². The number of amides is 1. The van der Waals surface area contributed by atoms with Crippen molar-refractivity contribution in [1.29, 1.82) is 0 Å². The molecule has 0 aromatic carbocycles. The molecule has 1 amide bonds. The van der Waals surface area contributed by atoms with E-state index in [-0.39, 0.29) is 22.0 Å². The summed E-state index contributed by atoms with van der Waals surface area (Å²) in [6.45, 7) is 0. The maximum Gasteiger partial charge on any atom is 0.230 e. The lowest BCUT2D eigenvalue weighted by Gasteiger charge is -2.36. The fourth-order valence-corrected chi connectivity index (χ4v) is 2.73. The number of β-lactam (4-membered cyclic amide) rings is 1. The monoisotopic (exact) mass is 169 g/mol. The van der Waals surface area contributed by atoms with Crippen LogP contribution in [-0.2, 0) is 15.5 Å². The van der Waals surface area contributed by atoms with E-state index < -0.39 is 0 Å². The van der Waals surface area contributed by atoms with Crippen molar-refractivity contribution in [1.82, 2.24) is 9.06 Å². The molecule has 0 spiro atoms. The minimum atomic E-state index is -0.362. The van der Waals surface area contributed by atoms with Crippen molar-refractivity contribution in [3.8, 4) is 0 Å². The molecule has 11 heavy (non-hydrogen) atoms. The Morgan fingerprint density at radius 2 is 2.64 bits per heavy atom. The second-order valence-electron chi connectivity index (χ2n) is 2.49. The standard InChI is InChI=1S/C6H7N3OS/c7-8-11-3-1-2-9-5(10)4-6(9)11/h1-2,6H,3-4H2. The number of carbonyl (C=O) groups excluding carboxylic acids is 1. The summed E-state index contributed by atoms with van der Waals surface area (Å²) < 4.78 is 3.25. The van der Waals surface area contributed by atoms with Crippen LogP contribution in [0.5, 0.6) is 0 Å². The van der Waals surface area contributed by atoms with Gasteiger partial charge in [-0.2, -0.15) is 0 Å². The molecule has 4 nitrogen and oxygen atoms in total. The smallest absolute Gasteiger partial charge is 0.230 e. The van der Waals surface area contributed by atoms with Gasteiger partial charge >= 0.3 is 0 Å². The Kier molecular flexibility index (Phi) is 1.41. The first-order chi connectivity index (χ1) is 5.33. The van der Waals surface area contributed by atoms with Crippen molar-refractivity contribution in [2.24, 2.45) is 0 Å². The normalized spacial score (nSPS) is 34.2. The predicted octanol–water partition coefficient (Wildman–Crippen LogP) is -0.0372. The molecule has 0 N–H and O–H groups in total. The Balaban J connectivity index is 2.31. The van der Waals surface area contributed by atoms with E-state index in [1.54, 1.807) is 11.1 Å². The van der Waals surface area contributed by atoms with Crippen LogP contribution in [0.25, 0.3) is 5.53 Å². The average molecular weight is 169 g/mol. The minimum Gasteiger partial charge on any atom is -0.351 e. The molecule has 0 aromatic heterocycles. The van der Waals surface area contributed by atoms with E-state index in [4.69, 9.17) is 5.53 Å². The largest absolute Gasteiger partial charge is 0.351 e. The fraction of sp³-hybridized carbons (Fsp3) is 0.500. The summed E-state index contributed by atoms with van der Waals surface area (Å²) in [5.74, 6) is 0.900. The van der Waals surface area contributed by atoms with Crippen LogP contribution in [0.1, 0.15) is 6.42 Å². The van der Waals surface area contributed by atoms with Crippen LogP contribution >= 0.6 is 0 Å². The zero-order chi connectivity index (χ0) is 7.84. The van der Waals surface area contributed by atoms with E-state index in [1.807, 2.05) is 6.08 Å². The van der Waals surface area contributed by atoms with Crippen LogP contribution < -0.4 is 4.16 Å². The third-order valence-electron chi connectivity index (χ3n) is 1.90. The van der Waals surface area contributed by atoms with Gasteiger partial charge in [0.05, 0.1) is 12.2 Å². The summed E-state index contributed by atoms with van der Waals surface area (Å²) in [6.07, 6.45) is 4.19. The van der Waals surface area contributed by atoms with Crippen LogP contribution in [0.2, 0.25) is 0 Å². The molecule has 0 aliphatic carbocycles. The summed E-state index contributed by atoms with van der Waals surface area (Å²) in [5, 5.41) is 0.150. The SMILES string of the molecule is [N-]=[N+]=S1CC=CN2C(=O)CC21. The summed E-state index contributed by atoms with van der Waals surface area (Å²) in [4.78, 5) is 12.5. The lowest BCUT2D eigenvalue weighted by molar-refractivity contribution is -0.137. The third-order valence-corrected chi connectivity index (χ3v) is 3.67. The van der Waals surface area contributed by atoms with Crippen LogP contribution in [0.4, 0.5) is 0 Å². The molecular weight excluding hydrogens is 162 g/mol. The molecule has 5 heteroatoms. The van der Waals surface area contributed by atoms with Crippen molar-refractivity contribution in [3.63, 3.8) is 0 Å². The molecule has 0 bridgehead atoms. The van der Waals surface area contributed by atoms with E-state index >= 15 is 0 Å². The molecule has 0 radical (unpaired) electrons. The maximum absolute atomic E-state index is 10.9. The highest BCUT2D eigenvalue weighted by Crippen LogP contribution is 2.25. The van der Waals surface area contributed by atoms with Crippen LogP contribution in [0.15, 0.2) is 12.3 Å². The van der Waals surface area contributed by atoms with Crippen molar-refractivity contribution < 1.29 is 4.79 Å². The first-order valence-electron chi connectivity index (χ1n) is 3.35. The van der Waals surface area contributed by atoms with Crippen LogP contribution in [0.3, 0.4) is 0 Å². The molecule has 0 aromatic rings. The highest BCUT2D eigenvalue weighted by Gasteiger charge is 2.43. The Bertz CT molecular complexity index is 292. The minimum absolute atomic E-state index is 0.132. The number of hydrogen-bond acceptors (Lipinski definition) is 1. The van der Waals surface area contributed by atoms with E-state index in [2.05, 4.69) is 4.16 Å². The van der Waals surface area contributed by atoms with Crippen LogP contribution in [0, 0.1) is 0 Å². The van der Waals surface area contributed by atoms with Gasteiger partial charge in [0.1, 0.15) is 0 Å². The molecule has 0 saturated carbocycles. The summed E-state index contributed by atoms with van der Waals surface area (Å²) >= 11 is 0. The highest BCUT2D eigenvalue weighted by atomic mass is 32.2. The lowest BCUT2D eigenvalue weighted by atomic mass is 10.2. The molecule has 2 heterocycles. The molecule has 58 valence electrons. The van der Waals surface area contributed by atoms with E-state index in [0.717, 1.165) is 5.75 Å². The highest BCUT2D eigenvalue weighted by molar-refractivity contribution is 7.87. The average Bonchev–Trinajstić information content (AvgIpc) is 2.03. The van der Waals surface area contributed by atoms with Crippen molar-refractivity contribution in [2.45, 2.75) is 11.8 Å². The molecule has 2 unspecified atom stereocenters. The van der Waals surface area contributed by atoms with Gasteiger partial charge in [-0.25, -0.2) is 0 Å². The van der Waals surface area contributed by atoms with Gasteiger partial charge in [-0.1, -0.05) is 6.08 Å². The molecule has 1 saturated heterocycles. The zero-order valence-electron chi connectivity index (χ0n) is 5.80. The quantitative estimate of drug-likeness (QED) is 0.285. The van der Waals surface area contributed by atoms with Crippen molar-refractivity contribution in [3.05, 3.63) is 17.8 Å². The number of rotatable bonds is 0. The number of nitrogens with zero attached hydrogens (tertiary/aromatic N) is 3. The van der Waals surface area contributed by atoms with E-state index in [1.165, 1.54) is 0 Å². The van der Waals surface area contributed by atoms with Gasteiger partial charge in [0.2, 0.25) is 5.91 Å². The van der Waals surface area contributed by atoms with Crippen LogP contribution in [-0.4, -0.2) is 21.9 Å². The van der Waals surface area contributed by atoms with Crippen molar-refractivity contribution in [2.75, 3.05) is 5.75 Å². The number of fused-ring (bicyclic) bond motifs is 1. The van der Waals surface area contributed by atoms with Gasteiger partial charge in [0.15, 0.2) is 16.1 Å². The van der Waals surface area contributed by atoms with E-state index in [0.29, 0.717) is 6.42 Å². The Labute approximate surface area is 66.5 Å². The van der Waals surface area contributed by atoms with Gasteiger partial charge < -0.3 is 5.53 Å². The topological polar surface area (TPSA) is 56.7 Å². The maximum atomic E-state index is 10.9. The number of carbonyl (C=O) groups is 1. The first kappa shape index (κ1) is 6.76. The Morgan fingerprint density at radius 1 is 1.82 bits per heavy atom. The molecule has 2 atom stereocenters. The molecule has 2 aliphatic heterocycles. The Morgan fingerprint density at radius 3 is 3.27 bits per heavy atom. The second kappa shape index (κ2) is 2.29. The van der Waals surface area contributed by atoms with Gasteiger partial charge in [-0.05, 0) is 0 Å². The second-order valence-corrected chi connectivity index (χ2v) is 4.34. The van der Waals surface area contributed by atoms with Gasteiger partial charge in [-0.3, -0.25) is 9.69 Å². The summed E-state index contributed by atoms with van der Waals surface area (Å²) in [7, 11) is -0.362. The van der Waals surface area contributed by atoms with Crippen molar-refractivity contribution >= 4 is 16.6 Å². The Hall–Kier alpha value is -0.930. The van der Waals surface area contributed by atoms with Gasteiger partial charge in [0.25, 0.3) is 0 Å². The summed E-state index contributed by atoms with van der Waals surface area (Å²) in [5.41, 5.74) is 8.56. The summed E-state index contributed by atoms with van der Waals surface area (Å²) in [6, 6.07) is 0. The molecule has 1 fully saturated rings. The third kappa shape index (κ3) is 0.852. The lowest BCUT2D eigenvalue weighted by Crippen LogP contribution is -2.53. The first-order valence-corrected chi connectivity index (χ1v) is 4.77. The molecule has 2 rings (SSSR count). The zero-order valence-corrected chi connectivity index (χ0v) is 6.62.